The summed E-state index contributed by atoms with van der Waals surface area (Å²) in [5.74, 6) is 1.92. The van der Waals surface area contributed by atoms with E-state index in [-0.39, 0.29) is 0 Å². The molecule has 0 bridgehead atoms. The van der Waals surface area contributed by atoms with Gasteiger partial charge in [0.15, 0.2) is 0 Å². The van der Waals surface area contributed by atoms with Crippen molar-refractivity contribution in [3.63, 3.8) is 0 Å². The number of rotatable bonds is 2. The highest BCUT2D eigenvalue weighted by molar-refractivity contribution is 5.80. The Balaban J connectivity index is 1.84. The molecule has 0 amide bonds. The van der Waals surface area contributed by atoms with E-state index in [4.69, 9.17) is 15.5 Å². The summed E-state index contributed by atoms with van der Waals surface area (Å²) in [6.45, 7) is 3.02. The summed E-state index contributed by atoms with van der Waals surface area (Å²) in [4.78, 5) is 4.88. The van der Waals surface area contributed by atoms with Crippen molar-refractivity contribution in [1.82, 2.24) is 9.55 Å². The van der Waals surface area contributed by atoms with Gasteiger partial charge >= 0.3 is 0 Å². The number of fused-ring (bicyclic) bond motifs is 1. The first-order valence-electron chi connectivity index (χ1n) is 7.61. The Morgan fingerprint density at radius 3 is 2.90 bits per heavy atom. The fourth-order valence-corrected chi connectivity index (χ4v) is 3.36. The summed E-state index contributed by atoms with van der Waals surface area (Å²) < 4.78 is 8.18. The molecule has 2 aliphatic rings. The molecule has 4 heteroatoms. The van der Waals surface area contributed by atoms with Crippen LogP contribution in [0.5, 0.6) is 0 Å². The number of nitrogens with zero attached hydrogens (tertiary/aromatic N) is 2. The van der Waals surface area contributed by atoms with Gasteiger partial charge in [-0.05, 0) is 50.8 Å². The smallest absolute Gasteiger partial charge is 0.113 e. The lowest BCUT2D eigenvalue weighted by molar-refractivity contribution is 0.00621. The van der Waals surface area contributed by atoms with Gasteiger partial charge in [-0.1, -0.05) is 0 Å². The van der Waals surface area contributed by atoms with Crippen LogP contribution in [0.2, 0.25) is 0 Å². The Kier molecular flexibility index (Phi) is 2.74. The second-order valence-corrected chi connectivity index (χ2v) is 6.22. The minimum Gasteiger partial charge on any atom is -0.399 e. The standard InChI is InChI=1S/C16H21N3O/c1-10-8-13(6-7-20-10)19-15-5-4-12(17)9-14(15)18-16(19)11-2-3-11/h4-5,9-11,13H,2-3,6-8,17H2,1H3. The van der Waals surface area contributed by atoms with Gasteiger partial charge in [0.1, 0.15) is 5.82 Å². The summed E-state index contributed by atoms with van der Waals surface area (Å²) in [5, 5.41) is 0. The summed E-state index contributed by atoms with van der Waals surface area (Å²) in [6.07, 6.45) is 5.05. The summed E-state index contributed by atoms with van der Waals surface area (Å²) in [7, 11) is 0. The molecule has 4 rings (SSSR count). The molecule has 2 atom stereocenters. The zero-order valence-corrected chi connectivity index (χ0v) is 11.9. The van der Waals surface area contributed by atoms with Gasteiger partial charge < -0.3 is 15.0 Å². The highest BCUT2D eigenvalue weighted by Gasteiger charge is 2.33. The third kappa shape index (κ3) is 1.99. The SMILES string of the molecule is CC1CC(n2c(C3CC3)nc3cc(N)ccc32)CCO1. The van der Waals surface area contributed by atoms with Crippen LogP contribution in [0, 0.1) is 0 Å². The normalized spacial score (nSPS) is 27.1. The first-order valence-corrected chi connectivity index (χ1v) is 7.61. The van der Waals surface area contributed by atoms with Crippen molar-refractivity contribution >= 4 is 16.7 Å². The Bertz CT molecular complexity index is 644. The highest BCUT2D eigenvalue weighted by Crippen LogP contribution is 2.43. The minimum atomic E-state index is 0.340. The summed E-state index contributed by atoms with van der Waals surface area (Å²) in [5.41, 5.74) is 8.99. The molecular weight excluding hydrogens is 250 g/mol. The Hall–Kier alpha value is -1.55. The van der Waals surface area contributed by atoms with Crippen LogP contribution in [-0.4, -0.2) is 22.3 Å². The molecule has 2 N–H and O–H groups in total. The van der Waals surface area contributed by atoms with Gasteiger partial charge in [0.25, 0.3) is 0 Å². The lowest BCUT2D eigenvalue weighted by Crippen LogP contribution is -2.26. The van der Waals surface area contributed by atoms with Crippen molar-refractivity contribution < 1.29 is 4.74 Å². The van der Waals surface area contributed by atoms with E-state index in [2.05, 4.69) is 17.6 Å². The molecule has 20 heavy (non-hydrogen) atoms. The van der Waals surface area contributed by atoms with Gasteiger partial charge in [-0.15, -0.1) is 0 Å². The number of imidazole rings is 1. The van der Waals surface area contributed by atoms with Gasteiger partial charge in [-0.3, -0.25) is 0 Å². The van der Waals surface area contributed by atoms with E-state index >= 15 is 0 Å². The molecule has 1 aliphatic heterocycles. The lowest BCUT2D eigenvalue weighted by Gasteiger charge is -2.30. The van der Waals surface area contributed by atoms with E-state index < -0.39 is 0 Å². The molecule has 2 unspecified atom stereocenters. The molecule has 2 fully saturated rings. The van der Waals surface area contributed by atoms with Gasteiger partial charge in [0, 0.05) is 24.3 Å². The third-order valence-electron chi connectivity index (χ3n) is 4.51. The molecule has 1 aromatic heterocycles. The number of hydrogen-bond acceptors (Lipinski definition) is 3. The molecule has 1 aliphatic carbocycles. The van der Waals surface area contributed by atoms with Crippen LogP contribution in [0.15, 0.2) is 18.2 Å². The third-order valence-corrected chi connectivity index (χ3v) is 4.51. The summed E-state index contributed by atoms with van der Waals surface area (Å²) >= 11 is 0. The zero-order chi connectivity index (χ0) is 13.7. The molecule has 2 aromatic rings. The van der Waals surface area contributed by atoms with Crippen molar-refractivity contribution in [3.8, 4) is 0 Å². The van der Waals surface area contributed by atoms with Crippen LogP contribution in [0.4, 0.5) is 5.69 Å². The number of nitrogen functional groups attached to an aromatic ring is 1. The highest BCUT2D eigenvalue weighted by atomic mass is 16.5. The number of aromatic nitrogens is 2. The van der Waals surface area contributed by atoms with Crippen LogP contribution in [0.25, 0.3) is 11.0 Å². The van der Waals surface area contributed by atoms with Crippen molar-refractivity contribution in [2.45, 2.75) is 50.7 Å². The Morgan fingerprint density at radius 2 is 2.15 bits per heavy atom. The van der Waals surface area contributed by atoms with E-state index in [1.807, 2.05) is 12.1 Å². The molecule has 2 heterocycles. The largest absolute Gasteiger partial charge is 0.399 e. The molecule has 0 radical (unpaired) electrons. The lowest BCUT2D eigenvalue weighted by atomic mass is 10.0. The molecule has 1 saturated heterocycles. The second kappa shape index (κ2) is 4.48. The fourth-order valence-electron chi connectivity index (χ4n) is 3.36. The quantitative estimate of drug-likeness (QED) is 0.853. The Labute approximate surface area is 118 Å². The van der Waals surface area contributed by atoms with Gasteiger partial charge in [-0.2, -0.15) is 0 Å². The second-order valence-electron chi connectivity index (χ2n) is 6.22. The van der Waals surface area contributed by atoms with Crippen LogP contribution >= 0.6 is 0 Å². The van der Waals surface area contributed by atoms with E-state index in [1.165, 1.54) is 24.2 Å². The van der Waals surface area contributed by atoms with Crippen molar-refractivity contribution in [3.05, 3.63) is 24.0 Å². The molecule has 0 spiro atoms. The number of anilines is 1. The first kappa shape index (κ1) is 12.2. The average Bonchev–Trinajstić information content (AvgIpc) is 3.20. The summed E-state index contributed by atoms with van der Waals surface area (Å²) in [6, 6.07) is 6.63. The molecule has 106 valence electrons. The van der Waals surface area contributed by atoms with Gasteiger partial charge in [-0.25, -0.2) is 4.98 Å². The minimum absolute atomic E-state index is 0.340. The van der Waals surface area contributed by atoms with Crippen molar-refractivity contribution in [2.75, 3.05) is 12.3 Å². The topological polar surface area (TPSA) is 53.1 Å². The predicted molar refractivity (Wildman–Crippen MR) is 79.8 cm³/mol. The van der Waals surface area contributed by atoms with Crippen molar-refractivity contribution in [2.24, 2.45) is 0 Å². The molecule has 1 saturated carbocycles. The number of hydrogen-bond donors (Lipinski definition) is 1. The van der Waals surface area contributed by atoms with E-state index in [0.717, 1.165) is 30.7 Å². The molecule has 1 aromatic carbocycles. The van der Waals surface area contributed by atoms with Crippen LogP contribution in [-0.2, 0) is 4.74 Å². The number of benzene rings is 1. The van der Waals surface area contributed by atoms with E-state index in [0.29, 0.717) is 18.1 Å². The van der Waals surface area contributed by atoms with Crippen LogP contribution in [0.3, 0.4) is 0 Å². The number of ether oxygens (including phenoxy) is 1. The van der Waals surface area contributed by atoms with E-state index in [9.17, 15) is 0 Å². The zero-order valence-electron chi connectivity index (χ0n) is 11.9. The average molecular weight is 271 g/mol. The van der Waals surface area contributed by atoms with E-state index in [1.54, 1.807) is 0 Å². The first-order chi connectivity index (χ1) is 9.72. The Morgan fingerprint density at radius 1 is 1.30 bits per heavy atom. The van der Waals surface area contributed by atoms with Gasteiger partial charge in [0.05, 0.1) is 17.1 Å². The maximum Gasteiger partial charge on any atom is 0.113 e. The molecule has 4 nitrogen and oxygen atoms in total. The van der Waals surface area contributed by atoms with Crippen LogP contribution < -0.4 is 5.73 Å². The van der Waals surface area contributed by atoms with Crippen molar-refractivity contribution in [1.29, 1.82) is 0 Å². The molecular formula is C16H21N3O. The van der Waals surface area contributed by atoms with Gasteiger partial charge in [0.2, 0.25) is 0 Å². The maximum atomic E-state index is 5.91. The number of nitrogens with two attached hydrogens (primary N) is 1. The monoisotopic (exact) mass is 271 g/mol. The maximum absolute atomic E-state index is 5.91. The van der Waals surface area contributed by atoms with Crippen LogP contribution in [0.1, 0.15) is 50.4 Å². The predicted octanol–water partition coefficient (Wildman–Crippen LogP) is 3.24. The fraction of sp³-hybridized carbons (Fsp3) is 0.562.